The number of hydrogen-bond acceptors (Lipinski definition) is 4. The van der Waals surface area contributed by atoms with Crippen molar-refractivity contribution in [2.24, 2.45) is 0 Å². The van der Waals surface area contributed by atoms with Crippen LogP contribution in [0, 0.1) is 13.8 Å². The number of carbonyl (C=O) groups excluding carboxylic acids is 1. The molecule has 0 heterocycles. The highest BCUT2D eigenvalue weighted by molar-refractivity contribution is 7.93. The highest BCUT2D eigenvalue weighted by Crippen LogP contribution is 2.55. The van der Waals surface area contributed by atoms with E-state index in [0.717, 1.165) is 11.1 Å². The molecule has 0 N–H and O–H groups in total. The van der Waals surface area contributed by atoms with E-state index < -0.39 is 12.7 Å². The Bertz CT molecular complexity index is 1110. The first-order valence-electron chi connectivity index (χ1n) is 9.14. The Hall–Kier alpha value is -2.26. The minimum absolute atomic E-state index is 0.0591. The molecule has 0 aliphatic carbocycles. The lowest BCUT2D eigenvalue weighted by Gasteiger charge is -2.25. The molecule has 0 aromatic heterocycles. The quantitative estimate of drug-likeness (QED) is 0.435. The first-order valence-corrected chi connectivity index (χ1v) is 11.6. The lowest BCUT2D eigenvalue weighted by atomic mass is 10.0. The summed E-state index contributed by atoms with van der Waals surface area (Å²) >= 11 is 12.7. The first-order chi connectivity index (χ1) is 14.3. The third-order valence-electron chi connectivity index (χ3n) is 4.94. The molecule has 0 saturated carbocycles. The van der Waals surface area contributed by atoms with Crippen molar-refractivity contribution in [3.63, 3.8) is 0 Å². The average Bonchev–Trinajstić information content (AvgIpc) is 2.73. The molecule has 156 valence electrons. The summed E-state index contributed by atoms with van der Waals surface area (Å²) in [4.78, 5) is 14.0. The van der Waals surface area contributed by atoms with E-state index in [-0.39, 0.29) is 26.8 Å². The number of carbonyl (C=O) groups is 1. The van der Waals surface area contributed by atoms with Crippen LogP contribution in [-0.4, -0.2) is 19.7 Å². The molecule has 0 aliphatic heterocycles. The number of halogens is 2. The van der Waals surface area contributed by atoms with Gasteiger partial charge in [0.2, 0.25) is 12.7 Å². The van der Waals surface area contributed by atoms with Crippen molar-refractivity contribution in [1.82, 2.24) is 0 Å². The molecule has 3 rings (SSSR count). The second-order valence-corrected chi connectivity index (χ2v) is 10.2. The van der Waals surface area contributed by atoms with Crippen molar-refractivity contribution in [3.05, 3.63) is 81.3 Å². The van der Waals surface area contributed by atoms with Gasteiger partial charge >= 0.3 is 0 Å². The van der Waals surface area contributed by atoms with E-state index in [1.165, 1.54) is 20.3 Å². The molecule has 0 spiro atoms. The number of hydrogen-bond donors (Lipinski definition) is 0. The summed E-state index contributed by atoms with van der Waals surface area (Å²) in [6.45, 7) is 3.63. The van der Waals surface area contributed by atoms with Gasteiger partial charge < -0.3 is 14.0 Å². The molecule has 3 aromatic carbocycles. The minimum Gasteiger partial charge on any atom is -0.494 e. The lowest BCUT2D eigenvalue weighted by Crippen LogP contribution is -2.26. The van der Waals surface area contributed by atoms with Crippen LogP contribution in [0.5, 0.6) is 11.5 Å². The van der Waals surface area contributed by atoms with E-state index in [0.29, 0.717) is 10.9 Å². The van der Waals surface area contributed by atoms with Gasteiger partial charge in [-0.25, -0.2) is 0 Å². The second-order valence-electron chi connectivity index (χ2n) is 6.77. The standard InChI is InChI=1S/C23H21Cl2O4P/c1-14-9-8-10-15(2)19(14)23(26)30(27,16-11-6-5-7-12-16)22-20(28-3)17(24)13-18(25)21(22)29-4/h5-13H,1-4H3. The van der Waals surface area contributed by atoms with Crippen molar-refractivity contribution in [2.75, 3.05) is 14.2 Å². The number of rotatable bonds is 6. The van der Waals surface area contributed by atoms with Gasteiger partial charge in [-0.15, -0.1) is 0 Å². The molecule has 1 unspecified atom stereocenters. The maximum atomic E-state index is 14.9. The summed E-state index contributed by atoms with van der Waals surface area (Å²) in [5.74, 6) is 0.203. The van der Waals surface area contributed by atoms with E-state index >= 15 is 0 Å². The molecule has 0 saturated heterocycles. The fourth-order valence-electron chi connectivity index (χ4n) is 3.54. The van der Waals surface area contributed by atoms with Gasteiger partial charge in [-0.1, -0.05) is 71.7 Å². The molecule has 7 heteroatoms. The predicted molar refractivity (Wildman–Crippen MR) is 123 cm³/mol. The van der Waals surface area contributed by atoms with Crippen LogP contribution >= 0.6 is 30.3 Å². The Kier molecular flexibility index (Phi) is 6.62. The van der Waals surface area contributed by atoms with E-state index in [4.69, 9.17) is 32.7 Å². The largest absolute Gasteiger partial charge is 0.494 e. The summed E-state index contributed by atoms with van der Waals surface area (Å²) in [5, 5.41) is 0.684. The number of methoxy groups -OCH3 is 2. The van der Waals surface area contributed by atoms with Gasteiger partial charge in [-0.2, -0.15) is 0 Å². The van der Waals surface area contributed by atoms with E-state index in [2.05, 4.69) is 0 Å². The highest BCUT2D eigenvalue weighted by atomic mass is 35.5. The molecule has 3 aromatic rings. The lowest BCUT2D eigenvalue weighted by molar-refractivity contribution is 0.107. The maximum absolute atomic E-state index is 14.9. The van der Waals surface area contributed by atoms with Gasteiger partial charge in [0.25, 0.3) is 0 Å². The van der Waals surface area contributed by atoms with E-state index in [1.54, 1.807) is 30.3 Å². The monoisotopic (exact) mass is 462 g/mol. The van der Waals surface area contributed by atoms with Crippen LogP contribution in [-0.2, 0) is 4.57 Å². The zero-order valence-corrected chi connectivity index (χ0v) is 19.4. The summed E-state index contributed by atoms with van der Waals surface area (Å²) < 4.78 is 25.8. The SMILES string of the molecule is COc1c(Cl)cc(Cl)c(OC)c1P(=O)(C(=O)c1c(C)cccc1C)c1ccccc1. The van der Waals surface area contributed by atoms with Crippen molar-refractivity contribution >= 4 is 46.5 Å². The predicted octanol–water partition coefficient (Wildman–Crippen LogP) is 5.78. The van der Waals surface area contributed by atoms with Crippen molar-refractivity contribution in [2.45, 2.75) is 13.8 Å². The Morgan fingerprint density at radius 2 is 1.33 bits per heavy atom. The Labute approximate surface area is 186 Å². The molecular weight excluding hydrogens is 442 g/mol. The van der Waals surface area contributed by atoms with Crippen LogP contribution < -0.4 is 20.1 Å². The average molecular weight is 463 g/mol. The fourth-order valence-corrected chi connectivity index (χ4v) is 7.24. The molecule has 1 atom stereocenters. The van der Waals surface area contributed by atoms with Crippen molar-refractivity contribution in [1.29, 1.82) is 0 Å². The zero-order chi connectivity index (χ0) is 22.1. The summed E-state index contributed by atoms with van der Waals surface area (Å²) in [5.41, 5.74) is 1.31. The highest BCUT2D eigenvalue weighted by Gasteiger charge is 2.44. The number of benzene rings is 3. The minimum atomic E-state index is -4.01. The zero-order valence-electron chi connectivity index (χ0n) is 17.0. The Balaban J connectivity index is 2.49. The molecular formula is C23H21Cl2O4P. The third kappa shape index (κ3) is 3.65. The van der Waals surface area contributed by atoms with Gasteiger partial charge in [-0.05, 0) is 31.0 Å². The van der Waals surface area contributed by atoms with E-state index in [9.17, 15) is 9.36 Å². The number of ether oxygens (including phenoxy) is 2. The molecule has 0 amide bonds. The Morgan fingerprint density at radius 1 is 0.833 bits per heavy atom. The Morgan fingerprint density at radius 3 is 1.80 bits per heavy atom. The van der Waals surface area contributed by atoms with Crippen LogP contribution in [0.3, 0.4) is 0 Å². The normalized spacial score (nSPS) is 12.9. The van der Waals surface area contributed by atoms with Crippen LogP contribution in [0.4, 0.5) is 0 Å². The van der Waals surface area contributed by atoms with Gasteiger partial charge in [0.05, 0.1) is 24.3 Å². The summed E-state index contributed by atoms with van der Waals surface area (Å²) in [6, 6.07) is 15.5. The van der Waals surface area contributed by atoms with Gasteiger partial charge in [0, 0.05) is 10.9 Å². The van der Waals surface area contributed by atoms with Crippen LogP contribution in [0.2, 0.25) is 10.0 Å². The molecule has 0 bridgehead atoms. The van der Waals surface area contributed by atoms with Crippen LogP contribution in [0.15, 0.2) is 54.6 Å². The molecule has 0 fully saturated rings. The smallest absolute Gasteiger partial charge is 0.230 e. The van der Waals surface area contributed by atoms with E-state index in [1.807, 2.05) is 32.0 Å². The summed E-state index contributed by atoms with van der Waals surface area (Å²) in [6.07, 6.45) is 0. The van der Waals surface area contributed by atoms with Gasteiger partial charge in [-0.3, -0.25) is 4.79 Å². The van der Waals surface area contributed by atoms with Crippen molar-refractivity contribution < 1.29 is 18.8 Å². The maximum Gasteiger partial charge on any atom is 0.230 e. The van der Waals surface area contributed by atoms with Crippen LogP contribution in [0.1, 0.15) is 21.5 Å². The first kappa shape index (κ1) is 22.4. The third-order valence-corrected chi connectivity index (χ3v) is 8.36. The molecule has 30 heavy (non-hydrogen) atoms. The fraction of sp³-hybridized carbons (Fsp3) is 0.174. The topological polar surface area (TPSA) is 52.6 Å². The molecule has 4 nitrogen and oxygen atoms in total. The van der Waals surface area contributed by atoms with Gasteiger partial charge in [0.15, 0.2) is 11.5 Å². The van der Waals surface area contributed by atoms with Crippen LogP contribution in [0.25, 0.3) is 0 Å². The molecule has 0 radical (unpaired) electrons. The van der Waals surface area contributed by atoms with Crippen molar-refractivity contribution in [3.8, 4) is 11.5 Å². The summed E-state index contributed by atoms with van der Waals surface area (Å²) in [7, 11) is -1.21. The number of aryl methyl sites for hydroxylation is 2. The van der Waals surface area contributed by atoms with Gasteiger partial charge in [0.1, 0.15) is 5.30 Å². The second kappa shape index (κ2) is 8.85. The molecule has 0 aliphatic rings.